The van der Waals surface area contributed by atoms with Gasteiger partial charge in [-0.3, -0.25) is 4.98 Å². The van der Waals surface area contributed by atoms with E-state index in [2.05, 4.69) is 4.98 Å². The highest BCUT2D eigenvalue weighted by atomic mass is 16.5. The van der Waals surface area contributed by atoms with E-state index in [0.717, 1.165) is 22.6 Å². The van der Waals surface area contributed by atoms with Gasteiger partial charge in [0.25, 0.3) is 0 Å². The van der Waals surface area contributed by atoms with E-state index in [1.165, 1.54) is 11.8 Å². The van der Waals surface area contributed by atoms with Crippen LogP contribution in [0.2, 0.25) is 0 Å². The molecule has 1 N–H and O–H groups in total. The number of hydrogen-bond donors (Lipinski definition) is 1. The lowest BCUT2D eigenvalue weighted by Gasteiger charge is -2.07. The normalized spacial score (nSPS) is 12.7. The summed E-state index contributed by atoms with van der Waals surface area (Å²) in [7, 11) is 0. The highest BCUT2D eigenvalue weighted by Gasteiger charge is 2.20. The maximum Gasteiger partial charge on any atom is 0.336 e. The number of rotatable bonds is 4. The summed E-state index contributed by atoms with van der Waals surface area (Å²) >= 11 is 0. The zero-order valence-electron chi connectivity index (χ0n) is 11.7. The summed E-state index contributed by atoms with van der Waals surface area (Å²) in [5, 5.41) is 9.19. The molecule has 0 radical (unpaired) electrons. The summed E-state index contributed by atoms with van der Waals surface area (Å²) in [6, 6.07) is 9.39. The van der Waals surface area contributed by atoms with Gasteiger partial charge in [-0.2, -0.15) is 0 Å². The third-order valence-electron chi connectivity index (χ3n) is 3.51. The molecular weight excluding hydrogens is 266 g/mol. The van der Waals surface area contributed by atoms with Crippen LogP contribution in [0.5, 0.6) is 5.75 Å². The Morgan fingerprint density at radius 1 is 1.29 bits per heavy atom. The molecule has 1 heterocycles. The van der Waals surface area contributed by atoms with Crippen LogP contribution >= 0.6 is 0 Å². The maximum atomic E-state index is 11.2. The van der Waals surface area contributed by atoms with Crippen LogP contribution in [0.25, 0.3) is 6.08 Å². The van der Waals surface area contributed by atoms with Crippen molar-refractivity contribution in [3.05, 3.63) is 64.5 Å². The van der Waals surface area contributed by atoms with Crippen LogP contribution in [0.1, 0.15) is 27.2 Å². The second-order valence-electron chi connectivity index (χ2n) is 5.11. The molecule has 4 nitrogen and oxygen atoms in total. The lowest BCUT2D eigenvalue weighted by molar-refractivity contribution is 0.0695. The summed E-state index contributed by atoms with van der Waals surface area (Å²) in [5.74, 6) is -0.105. The smallest absolute Gasteiger partial charge is 0.336 e. The molecule has 4 heteroatoms. The molecule has 0 aliphatic heterocycles. The minimum Gasteiger partial charge on any atom is -0.489 e. The molecular formula is C17H15NO3. The standard InChI is InChI=1S/C17H15NO3/c1-11-2-4-13(5-3-11)21-10-12-8-15-14(17(19)20)6-7-18-16(15)9-12/h2-7,9H,8,10H2,1H3,(H,19,20). The first-order valence-corrected chi connectivity index (χ1v) is 6.73. The Hall–Kier alpha value is -2.62. The number of fused-ring (bicyclic) bond motifs is 1. The number of hydrogen-bond acceptors (Lipinski definition) is 3. The molecule has 21 heavy (non-hydrogen) atoms. The highest BCUT2D eigenvalue weighted by molar-refractivity contribution is 5.91. The van der Waals surface area contributed by atoms with Crippen molar-refractivity contribution in [1.82, 2.24) is 4.98 Å². The first kappa shape index (κ1) is 13.4. The molecule has 0 unspecified atom stereocenters. The third kappa shape index (κ3) is 2.79. The number of ether oxygens (including phenoxy) is 1. The fourth-order valence-corrected chi connectivity index (χ4v) is 2.39. The fraction of sp³-hybridized carbons (Fsp3) is 0.176. The Labute approximate surface area is 122 Å². The second-order valence-corrected chi connectivity index (χ2v) is 5.11. The second kappa shape index (κ2) is 5.40. The van der Waals surface area contributed by atoms with Gasteiger partial charge in [0.15, 0.2) is 0 Å². The van der Waals surface area contributed by atoms with Gasteiger partial charge in [0, 0.05) is 12.6 Å². The van der Waals surface area contributed by atoms with Gasteiger partial charge in [-0.05, 0) is 42.3 Å². The number of carbonyl (C=O) groups is 1. The van der Waals surface area contributed by atoms with E-state index in [0.29, 0.717) is 18.6 Å². The molecule has 0 saturated carbocycles. The van der Waals surface area contributed by atoms with Crippen molar-refractivity contribution in [2.45, 2.75) is 13.3 Å². The number of nitrogens with zero attached hydrogens (tertiary/aromatic N) is 1. The SMILES string of the molecule is Cc1ccc(OCC2=Cc3nccc(C(=O)O)c3C2)cc1. The van der Waals surface area contributed by atoms with Gasteiger partial charge in [0.05, 0.1) is 11.3 Å². The predicted molar refractivity (Wildman–Crippen MR) is 79.6 cm³/mol. The Bertz CT molecular complexity index is 717. The molecule has 0 atom stereocenters. The summed E-state index contributed by atoms with van der Waals surface area (Å²) in [4.78, 5) is 15.4. The lowest BCUT2D eigenvalue weighted by Crippen LogP contribution is -2.05. The van der Waals surface area contributed by atoms with Crippen LogP contribution in [0.3, 0.4) is 0 Å². The van der Waals surface area contributed by atoms with Crippen molar-refractivity contribution in [1.29, 1.82) is 0 Å². The Balaban J connectivity index is 1.71. The van der Waals surface area contributed by atoms with Crippen molar-refractivity contribution in [2.75, 3.05) is 6.61 Å². The van der Waals surface area contributed by atoms with Gasteiger partial charge in [-0.25, -0.2) is 4.79 Å². The van der Waals surface area contributed by atoms with Crippen molar-refractivity contribution < 1.29 is 14.6 Å². The number of carboxylic acids is 1. The predicted octanol–water partition coefficient (Wildman–Crippen LogP) is 3.11. The Morgan fingerprint density at radius 3 is 2.76 bits per heavy atom. The first-order chi connectivity index (χ1) is 10.1. The number of carboxylic acid groups (broad SMARTS) is 1. The molecule has 0 amide bonds. The maximum absolute atomic E-state index is 11.2. The molecule has 0 bridgehead atoms. The zero-order chi connectivity index (χ0) is 14.8. The van der Waals surface area contributed by atoms with Gasteiger partial charge in [0.1, 0.15) is 12.4 Å². The van der Waals surface area contributed by atoms with Gasteiger partial charge in [-0.15, -0.1) is 0 Å². The highest BCUT2D eigenvalue weighted by Crippen LogP contribution is 2.27. The molecule has 2 aromatic rings. The van der Waals surface area contributed by atoms with Gasteiger partial charge >= 0.3 is 5.97 Å². The van der Waals surface area contributed by atoms with E-state index < -0.39 is 5.97 Å². The summed E-state index contributed by atoms with van der Waals surface area (Å²) in [5.41, 5.74) is 4.04. The monoisotopic (exact) mass is 281 g/mol. The van der Waals surface area contributed by atoms with Crippen LogP contribution < -0.4 is 4.74 Å². The number of aromatic carboxylic acids is 1. The average molecular weight is 281 g/mol. The molecule has 1 aliphatic carbocycles. The van der Waals surface area contributed by atoms with Crippen LogP contribution in [0, 0.1) is 6.92 Å². The number of aromatic nitrogens is 1. The molecule has 1 aromatic carbocycles. The number of aryl methyl sites for hydroxylation is 1. The number of pyridine rings is 1. The minimum absolute atomic E-state index is 0.321. The van der Waals surface area contributed by atoms with E-state index >= 15 is 0 Å². The van der Waals surface area contributed by atoms with E-state index in [-0.39, 0.29) is 0 Å². The van der Waals surface area contributed by atoms with E-state index in [9.17, 15) is 9.90 Å². The van der Waals surface area contributed by atoms with Crippen molar-refractivity contribution >= 4 is 12.0 Å². The van der Waals surface area contributed by atoms with E-state index in [4.69, 9.17) is 4.74 Å². The zero-order valence-corrected chi connectivity index (χ0v) is 11.7. The Morgan fingerprint density at radius 2 is 2.05 bits per heavy atom. The topological polar surface area (TPSA) is 59.4 Å². The van der Waals surface area contributed by atoms with E-state index in [1.807, 2.05) is 37.3 Å². The summed E-state index contributed by atoms with van der Waals surface area (Å²) < 4.78 is 5.73. The largest absolute Gasteiger partial charge is 0.489 e. The van der Waals surface area contributed by atoms with Gasteiger partial charge < -0.3 is 9.84 Å². The van der Waals surface area contributed by atoms with Crippen LogP contribution in [0.15, 0.2) is 42.1 Å². The van der Waals surface area contributed by atoms with Crippen LogP contribution in [0.4, 0.5) is 0 Å². The van der Waals surface area contributed by atoms with Crippen molar-refractivity contribution in [3.8, 4) is 5.75 Å². The van der Waals surface area contributed by atoms with Crippen molar-refractivity contribution in [2.24, 2.45) is 0 Å². The van der Waals surface area contributed by atoms with Crippen molar-refractivity contribution in [3.63, 3.8) is 0 Å². The summed E-state index contributed by atoms with van der Waals surface area (Å²) in [6.45, 7) is 2.47. The quantitative estimate of drug-likeness (QED) is 0.935. The molecule has 0 spiro atoms. The minimum atomic E-state index is -0.914. The fourth-order valence-electron chi connectivity index (χ4n) is 2.39. The lowest BCUT2D eigenvalue weighted by atomic mass is 10.1. The molecule has 1 aliphatic rings. The van der Waals surface area contributed by atoms with Gasteiger partial charge in [-0.1, -0.05) is 17.7 Å². The van der Waals surface area contributed by atoms with Gasteiger partial charge in [0.2, 0.25) is 0 Å². The summed E-state index contributed by atoms with van der Waals surface area (Å²) in [6.07, 6.45) is 4.02. The molecule has 3 rings (SSSR count). The molecule has 106 valence electrons. The van der Waals surface area contributed by atoms with Crippen LogP contribution in [-0.4, -0.2) is 22.7 Å². The molecule has 0 fully saturated rings. The number of benzene rings is 1. The molecule has 0 saturated heterocycles. The molecule has 1 aromatic heterocycles. The Kier molecular flexibility index (Phi) is 3.44. The van der Waals surface area contributed by atoms with Crippen LogP contribution in [-0.2, 0) is 6.42 Å². The van der Waals surface area contributed by atoms with E-state index in [1.54, 1.807) is 6.07 Å². The third-order valence-corrected chi connectivity index (χ3v) is 3.51. The first-order valence-electron chi connectivity index (χ1n) is 6.73. The average Bonchev–Trinajstić information content (AvgIpc) is 2.89.